The Labute approximate surface area is 159 Å². The van der Waals surface area contributed by atoms with Crippen molar-refractivity contribution in [3.8, 4) is 5.75 Å². The highest BCUT2D eigenvalue weighted by Gasteiger charge is 2.15. The highest BCUT2D eigenvalue weighted by atomic mass is 19.2. The molecule has 0 aliphatic heterocycles. The fourth-order valence-corrected chi connectivity index (χ4v) is 2.46. The van der Waals surface area contributed by atoms with Crippen LogP contribution in [0.1, 0.15) is 17.3 Å². The summed E-state index contributed by atoms with van der Waals surface area (Å²) in [6.45, 7) is 2.27. The first-order valence-electron chi connectivity index (χ1n) is 8.38. The molecule has 1 aromatic heterocycles. The molecule has 2 aromatic carbocycles. The summed E-state index contributed by atoms with van der Waals surface area (Å²) in [5.74, 6) is -4.18. The fourth-order valence-electron chi connectivity index (χ4n) is 2.46. The Balaban J connectivity index is 1.80. The number of rotatable bonds is 6. The van der Waals surface area contributed by atoms with Crippen LogP contribution in [-0.4, -0.2) is 17.5 Å². The number of carbonyl (C=O) groups is 1. The molecular weight excluding hydrogens is 371 g/mol. The van der Waals surface area contributed by atoms with Gasteiger partial charge in [0, 0.05) is 6.20 Å². The number of para-hydroxylation sites is 2. The van der Waals surface area contributed by atoms with E-state index < -0.39 is 23.4 Å². The molecule has 1 amide bonds. The molecule has 1 heterocycles. The normalized spacial score (nSPS) is 10.4. The molecule has 0 aliphatic carbocycles. The van der Waals surface area contributed by atoms with Crippen molar-refractivity contribution in [3.63, 3.8) is 0 Å². The van der Waals surface area contributed by atoms with Crippen LogP contribution in [-0.2, 0) is 0 Å². The Morgan fingerprint density at radius 2 is 1.82 bits per heavy atom. The molecule has 5 nitrogen and oxygen atoms in total. The lowest BCUT2D eigenvalue weighted by atomic mass is 10.2. The van der Waals surface area contributed by atoms with E-state index in [-0.39, 0.29) is 16.9 Å². The van der Waals surface area contributed by atoms with Crippen molar-refractivity contribution in [2.45, 2.75) is 6.92 Å². The average molecular weight is 387 g/mol. The van der Waals surface area contributed by atoms with Crippen molar-refractivity contribution in [3.05, 3.63) is 77.9 Å². The number of nitrogens with zero attached hydrogens (tertiary/aromatic N) is 1. The largest absolute Gasteiger partial charge is 0.492 e. The van der Waals surface area contributed by atoms with Crippen LogP contribution in [0.2, 0.25) is 0 Å². The van der Waals surface area contributed by atoms with Crippen molar-refractivity contribution in [2.75, 3.05) is 17.2 Å². The van der Waals surface area contributed by atoms with Gasteiger partial charge >= 0.3 is 0 Å². The molecule has 3 rings (SSSR count). The van der Waals surface area contributed by atoms with Gasteiger partial charge in [-0.15, -0.1) is 0 Å². The Bertz CT molecular complexity index is 1010. The molecule has 0 aliphatic rings. The van der Waals surface area contributed by atoms with Gasteiger partial charge in [0.05, 0.1) is 35.4 Å². The number of nitrogens with one attached hydrogen (secondary N) is 2. The number of hydrogen-bond donors (Lipinski definition) is 2. The number of amides is 1. The van der Waals surface area contributed by atoms with E-state index in [0.29, 0.717) is 18.0 Å². The van der Waals surface area contributed by atoms with E-state index in [9.17, 15) is 18.0 Å². The minimum atomic E-state index is -1.58. The second-order valence-electron chi connectivity index (χ2n) is 5.69. The number of pyridine rings is 1. The van der Waals surface area contributed by atoms with Crippen LogP contribution in [0.15, 0.2) is 54.9 Å². The van der Waals surface area contributed by atoms with Crippen molar-refractivity contribution in [1.29, 1.82) is 0 Å². The monoisotopic (exact) mass is 387 g/mol. The van der Waals surface area contributed by atoms with Crippen molar-refractivity contribution in [1.82, 2.24) is 4.98 Å². The number of hydrogen-bond acceptors (Lipinski definition) is 4. The maximum absolute atomic E-state index is 13.8. The van der Waals surface area contributed by atoms with E-state index in [1.807, 2.05) is 6.92 Å². The molecule has 0 saturated carbocycles. The second kappa shape index (κ2) is 8.43. The van der Waals surface area contributed by atoms with Gasteiger partial charge in [0.25, 0.3) is 5.91 Å². The average Bonchev–Trinajstić information content (AvgIpc) is 2.70. The topological polar surface area (TPSA) is 63.2 Å². The zero-order chi connectivity index (χ0) is 20.1. The Morgan fingerprint density at radius 1 is 1.04 bits per heavy atom. The van der Waals surface area contributed by atoms with Crippen LogP contribution >= 0.6 is 0 Å². The van der Waals surface area contributed by atoms with Gasteiger partial charge in [-0.1, -0.05) is 12.1 Å². The standard InChI is InChI=1S/C20H16F3N3O2/c1-2-28-17-6-4-3-5-15(17)26-20(27)12-9-13(11-24-10-12)25-16-8-7-14(21)18(22)19(16)23/h3-11,25H,2H2,1H3,(H,26,27). The minimum absolute atomic E-state index is 0.180. The van der Waals surface area contributed by atoms with Gasteiger partial charge in [0.1, 0.15) is 5.75 Å². The molecule has 0 atom stereocenters. The molecule has 2 N–H and O–H groups in total. The van der Waals surface area contributed by atoms with Crippen molar-refractivity contribution >= 4 is 23.0 Å². The zero-order valence-corrected chi connectivity index (χ0v) is 14.8. The predicted molar refractivity (Wildman–Crippen MR) is 99.4 cm³/mol. The Kier molecular flexibility index (Phi) is 5.78. The quantitative estimate of drug-likeness (QED) is 0.591. The minimum Gasteiger partial charge on any atom is -0.492 e. The van der Waals surface area contributed by atoms with Crippen LogP contribution in [0, 0.1) is 17.5 Å². The van der Waals surface area contributed by atoms with E-state index in [0.717, 1.165) is 12.1 Å². The van der Waals surface area contributed by atoms with E-state index in [1.54, 1.807) is 24.3 Å². The molecule has 0 saturated heterocycles. The lowest BCUT2D eigenvalue weighted by Gasteiger charge is -2.12. The first kappa shape index (κ1) is 19.2. The third-order valence-electron chi connectivity index (χ3n) is 3.75. The molecule has 28 heavy (non-hydrogen) atoms. The summed E-state index contributed by atoms with van der Waals surface area (Å²) < 4.78 is 45.7. The molecule has 0 radical (unpaired) electrons. The summed E-state index contributed by atoms with van der Waals surface area (Å²) in [6.07, 6.45) is 2.65. The Hall–Kier alpha value is -3.55. The molecule has 0 bridgehead atoms. The highest BCUT2D eigenvalue weighted by Crippen LogP contribution is 2.26. The van der Waals surface area contributed by atoms with Gasteiger partial charge in [-0.2, -0.15) is 0 Å². The molecular formula is C20H16F3N3O2. The molecule has 3 aromatic rings. The maximum Gasteiger partial charge on any atom is 0.257 e. The third-order valence-corrected chi connectivity index (χ3v) is 3.75. The number of benzene rings is 2. The first-order chi connectivity index (χ1) is 13.5. The molecule has 8 heteroatoms. The lowest BCUT2D eigenvalue weighted by Crippen LogP contribution is -2.13. The lowest BCUT2D eigenvalue weighted by molar-refractivity contribution is 0.102. The van der Waals surface area contributed by atoms with E-state index in [4.69, 9.17) is 4.74 Å². The first-order valence-corrected chi connectivity index (χ1v) is 8.38. The second-order valence-corrected chi connectivity index (χ2v) is 5.69. The van der Waals surface area contributed by atoms with Gasteiger partial charge in [-0.05, 0) is 37.3 Å². The van der Waals surface area contributed by atoms with Gasteiger partial charge in [-0.3, -0.25) is 9.78 Å². The van der Waals surface area contributed by atoms with E-state index >= 15 is 0 Å². The SMILES string of the molecule is CCOc1ccccc1NC(=O)c1cncc(Nc2ccc(F)c(F)c2F)c1. The highest BCUT2D eigenvalue weighted by molar-refractivity contribution is 6.05. The summed E-state index contributed by atoms with van der Waals surface area (Å²) in [5.41, 5.74) is 0.620. The molecule has 0 spiro atoms. The fraction of sp³-hybridized carbons (Fsp3) is 0.100. The molecule has 0 unspecified atom stereocenters. The van der Waals surface area contributed by atoms with Crippen molar-refractivity contribution < 1.29 is 22.7 Å². The number of carbonyl (C=O) groups excluding carboxylic acids is 1. The molecule has 0 fully saturated rings. The van der Waals surface area contributed by atoms with E-state index in [2.05, 4.69) is 15.6 Å². The van der Waals surface area contributed by atoms with Gasteiger partial charge in [0.15, 0.2) is 17.5 Å². The van der Waals surface area contributed by atoms with Crippen LogP contribution in [0.5, 0.6) is 5.75 Å². The summed E-state index contributed by atoms with van der Waals surface area (Å²) in [4.78, 5) is 16.4. The Morgan fingerprint density at radius 3 is 2.61 bits per heavy atom. The van der Waals surface area contributed by atoms with Gasteiger partial charge in [0.2, 0.25) is 0 Å². The number of anilines is 3. The molecule has 144 valence electrons. The predicted octanol–water partition coefficient (Wildman–Crippen LogP) is 4.89. The maximum atomic E-state index is 13.8. The number of aromatic nitrogens is 1. The summed E-state index contributed by atoms with van der Waals surface area (Å²) in [7, 11) is 0. The number of halogens is 3. The number of ether oxygens (including phenoxy) is 1. The summed E-state index contributed by atoms with van der Waals surface area (Å²) in [6, 6.07) is 10.2. The van der Waals surface area contributed by atoms with Gasteiger partial charge < -0.3 is 15.4 Å². The van der Waals surface area contributed by atoms with Crippen molar-refractivity contribution in [2.24, 2.45) is 0 Å². The third kappa shape index (κ3) is 4.22. The zero-order valence-electron chi connectivity index (χ0n) is 14.8. The van der Waals surface area contributed by atoms with Gasteiger partial charge in [-0.25, -0.2) is 13.2 Å². The van der Waals surface area contributed by atoms with Crippen LogP contribution in [0.25, 0.3) is 0 Å². The summed E-state index contributed by atoms with van der Waals surface area (Å²) in [5, 5.41) is 5.30. The van der Waals surface area contributed by atoms with Crippen LogP contribution < -0.4 is 15.4 Å². The van der Waals surface area contributed by atoms with Crippen LogP contribution in [0.3, 0.4) is 0 Å². The van der Waals surface area contributed by atoms with Crippen LogP contribution in [0.4, 0.5) is 30.2 Å². The smallest absolute Gasteiger partial charge is 0.257 e. The summed E-state index contributed by atoms with van der Waals surface area (Å²) >= 11 is 0. The van der Waals surface area contributed by atoms with E-state index in [1.165, 1.54) is 18.5 Å².